The third kappa shape index (κ3) is 4.26. The van der Waals surface area contributed by atoms with Crippen LogP contribution in [0, 0.1) is 0 Å². The number of rotatable bonds is 7. The van der Waals surface area contributed by atoms with Crippen LogP contribution >= 0.6 is 0 Å². The minimum absolute atomic E-state index is 0.140. The van der Waals surface area contributed by atoms with E-state index in [9.17, 15) is 9.59 Å². The van der Waals surface area contributed by atoms with Gasteiger partial charge in [-0.15, -0.1) is 0 Å². The fourth-order valence-electron chi connectivity index (χ4n) is 2.81. The number of hydrogen-bond acceptors (Lipinski definition) is 3. The second-order valence-electron chi connectivity index (χ2n) is 6.12. The quantitative estimate of drug-likeness (QED) is 0.506. The molecule has 0 spiro atoms. The number of benzene rings is 2. The third-order valence-electron chi connectivity index (χ3n) is 4.16. The number of likely N-dealkylation sites (N-methyl/N-ethyl adjacent to an activating group) is 1. The summed E-state index contributed by atoms with van der Waals surface area (Å²) in [4.78, 5) is 26.3. The van der Waals surface area contributed by atoms with E-state index in [1.54, 1.807) is 24.3 Å². The highest BCUT2D eigenvalue weighted by Gasteiger charge is 2.30. The Hall–Kier alpha value is -3.18. The van der Waals surface area contributed by atoms with Crippen LogP contribution in [-0.4, -0.2) is 24.9 Å². The Kier molecular flexibility index (Phi) is 5.61. The van der Waals surface area contributed by atoms with Crippen LogP contribution in [0.2, 0.25) is 0 Å². The Morgan fingerprint density at radius 1 is 0.962 bits per heavy atom. The molecule has 2 unspecified atom stereocenters. The summed E-state index contributed by atoms with van der Waals surface area (Å²) in [6.07, 6.45) is 0.707. The Bertz CT molecular complexity index is 845. The fraction of sp³-hybridized carbons (Fsp3) is 0.143. The van der Waals surface area contributed by atoms with Crippen LogP contribution in [0.15, 0.2) is 83.5 Å². The minimum atomic E-state index is -0.727. The van der Waals surface area contributed by atoms with Gasteiger partial charge in [-0.1, -0.05) is 60.7 Å². The predicted octanol–water partition coefficient (Wildman–Crippen LogP) is 1.93. The van der Waals surface area contributed by atoms with Crippen molar-refractivity contribution < 1.29 is 18.9 Å². The van der Waals surface area contributed by atoms with Crippen LogP contribution in [0.3, 0.4) is 0 Å². The Labute approximate surface area is 152 Å². The maximum absolute atomic E-state index is 13.0. The summed E-state index contributed by atoms with van der Waals surface area (Å²) in [6, 6.07) is 22.1. The van der Waals surface area contributed by atoms with Gasteiger partial charge in [-0.25, -0.2) is 0 Å². The summed E-state index contributed by atoms with van der Waals surface area (Å²) in [5, 5.41) is 2.82. The van der Waals surface area contributed by atoms with Gasteiger partial charge in [0.05, 0.1) is 13.3 Å². The van der Waals surface area contributed by atoms with E-state index in [0.717, 1.165) is 10.5 Å². The van der Waals surface area contributed by atoms with Gasteiger partial charge >= 0.3 is 0 Å². The lowest BCUT2D eigenvalue weighted by atomic mass is 10.1. The molecule has 0 bridgehead atoms. The van der Waals surface area contributed by atoms with Crippen molar-refractivity contribution in [2.24, 2.45) is 0 Å². The molecule has 5 heteroatoms. The summed E-state index contributed by atoms with van der Waals surface area (Å²) >= 11 is 0. The van der Waals surface area contributed by atoms with E-state index in [0.29, 0.717) is 12.1 Å². The van der Waals surface area contributed by atoms with Crippen molar-refractivity contribution in [3.63, 3.8) is 0 Å². The van der Waals surface area contributed by atoms with Gasteiger partial charge in [0, 0.05) is 11.1 Å². The number of carbonyl (C=O) groups is 2. The second-order valence-corrected chi connectivity index (χ2v) is 6.12. The number of hydrogen-bond donors (Lipinski definition) is 2. The zero-order valence-electron chi connectivity index (χ0n) is 14.5. The van der Waals surface area contributed by atoms with Gasteiger partial charge in [0.1, 0.15) is 6.54 Å². The second kappa shape index (κ2) is 8.27. The molecule has 0 saturated carbocycles. The molecular weight excluding hydrogens is 328 g/mol. The van der Waals surface area contributed by atoms with Crippen molar-refractivity contribution >= 4 is 11.7 Å². The first kappa shape index (κ1) is 17.6. The van der Waals surface area contributed by atoms with Gasteiger partial charge < -0.3 is 9.32 Å². The number of ketones is 1. The highest BCUT2D eigenvalue weighted by Crippen LogP contribution is 2.04. The molecule has 3 rings (SSSR count). The molecule has 1 aromatic heterocycles. The van der Waals surface area contributed by atoms with Gasteiger partial charge in [-0.05, 0) is 12.1 Å². The molecule has 1 amide bonds. The first-order chi connectivity index (χ1) is 12.6. The zero-order chi connectivity index (χ0) is 18.4. The van der Waals surface area contributed by atoms with E-state index >= 15 is 0 Å². The molecule has 0 aliphatic carbocycles. The van der Waals surface area contributed by atoms with E-state index in [2.05, 4.69) is 5.32 Å². The van der Waals surface area contributed by atoms with Crippen molar-refractivity contribution in [1.29, 1.82) is 0 Å². The van der Waals surface area contributed by atoms with E-state index < -0.39 is 12.1 Å². The van der Waals surface area contributed by atoms with E-state index in [1.165, 1.54) is 6.26 Å². The summed E-state index contributed by atoms with van der Waals surface area (Å²) < 4.78 is 5.15. The lowest BCUT2D eigenvalue weighted by Gasteiger charge is -2.24. The van der Waals surface area contributed by atoms with Crippen molar-refractivity contribution in [3.05, 3.63) is 95.9 Å². The third-order valence-corrected chi connectivity index (χ3v) is 4.16. The molecule has 3 aromatic rings. The van der Waals surface area contributed by atoms with Crippen molar-refractivity contribution in [2.75, 3.05) is 7.05 Å². The van der Waals surface area contributed by atoms with Crippen LogP contribution in [0.4, 0.5) is 0 Å². The van der Waals surface area contributed by atoms with E-state index in [4.69, 9.17) is 4.42 Å². The Balaban J connectivity index is 1.82. The Morgan fingerprint density at radius 3 is 2.23 bits per heavy atom. The molecule has 2 aromatic carbocycles. The van der Waals surface area contributed by atoms with E-state index in [-0.39, 0.29) is 11.5 Å². The molecule has 0 saturated heterocycles. The van der Waals surface area contributed by atoms with E-state index in [1.807, 2.05) is 55.6 Å². The summed E-state index contributed by atoms with van der Waals surface area (Å²) in [7, 11) is 1.89. The largest absolute Gasteiger partial charge is 0.459 e. The van der Waals surface area contributed by atoms with Crippen LogP contribution in [0.5, 0.6) is 0 Å². The molecule has 1 heterocycles. The van der Waals surface area contributed by atoms with Crippen LogP contribution in [0.1, 0.15) is 26.5 Å². The molecule has 0 aliphatic rings. The molecule has 0 fully saturated rings. The number of amides is 1. The van der Waals surface area contributed by atoms with Gasteiger partial charge in [0.2, 0.25) is 11.9 Å². The van der Waals surface area contributed by atoms with Crippen LogP contribution in [-0.2, 0) is 6.54 Å². The number of quaternary nitrogens is 1. The number of furan rings is 1. The molecule has 5 nitrogen and oxygen atoms in total. The first-order valence-electron chi connectivity index (χ1n) is 8.45. The van der Waals surface area contributed by atoms with Gasteiger partial charge in [-0.2, -0.15) is 0 Å². The monoisotopic (exact) mass is 349 g/mol. The zero-order valence-corrected chi connectivity index (χ0v) is 14.5. The lowest BCUT2D eigenvalue weighted by molar-refractivity contribution is -0.911. The molecule has 132 valence electrons. The van der Waals surface area contributed by atoms with Crippen LogP contribution < -0.4 is 10.2 Å². The standard InChI is InChI=1S/C21H20N2O3/c1-23(15-16-9-4-2-5-10-16)20(19(24)17-11-6-3-7-12-17)22-21(25)18-13-8-14-26-18/h2-14,20H,15H2,1H3,(H,22,25)/p+1. The fourth-order valence-corrected chi connectivity index (χ4v) is 2.81. The molecule has 2 N–H and O–H groups in total. The normalized spacial score (nSPS) is 13.0. The van der Waals surface area contributed by atoms with Gasteiger partial charge in [0.15, 0.2) is 5.76 Å². The highest BCUT2D eigenvalue weighted by molar-refractivity contribution is 6.02. The molecular formula is C21H21N2O3+. The number of nitrogens with one attached hydrogen (secondary N) is 2. The summed E-state index contributed by atoms with van der Waals surface area (Å²) in [5.74, 6) is -0.362. The smallest absolute Gasteiger partial charge is 0.291 e. The lowest BCUT2D eigenvalue weighted by Crippen LogP contribution is -3.15. The van der Waals surface area contributed by atoms with Gasteiger partial charge in [0.25, 0.3) is 5.91 Å². The Morgan fingerprint density at radius 2 is 1.62 bits per heavy atom. The van der Waals surface area contributed by atoms with Crippen molar-refractivity contribution in [1.82, 2.24) is 5.32 Å². The molecule has 26 heavy (non-hydrogen) atoms. The van der Waals surface area contributed by atoms with Gasteiger partial charge in [-0.3, -0.25) is 14.9 Å². The molecule has 0 aliphatic heterocycles. The topological polar surface area (TPSA) is 63.8 Å². The predicted molar refractivity (Wildman–Crippen MR) is 97.8 cm³/mol. The maximum Gasteiger partial charge on any atom is 0.291 e. The van der Waals surface area contributed by atoms with Crippen LogP contribution in [0.25, 0.3) is 0 Å². The number of Topliss-reactive ketones (excluding diaryl/α,β-unsaturated/α-hetero) is 1. The average Bonchev–Trinajstić information content (AvgIpc) is 3.22. The SMILES string of the molecule is C[NH+](Cc1ccccc1)C(NC(=O)c1ccco1)C(=O)c1ccccc1. The summed E-state index contributed by atoms with van der Waals surface area (Å²) in [5.41, 5.74) is 1.65. The van der Waals surface area contributed by atoms with Crippen molar-refractivity contribution in [2.45, 2.75) is 12.7 Å². The maximum atomic E-state index is 13.0. The number of carbonyl (C=O) groups excluding carboxylic acids is 2. The minimum Gasteiger partial charge on any atom is -0.459 e. The van der Waals surface area contributed by atoms with Crippen molar-refractivity contribution in [3.8, 4) is 0 Å². The average molecular weight is 349 g/mol. The molecule has 2 atom stereocenters. The summed E-state index contributed by atoms with van der Waals surface area (Å²) in [6.45, 7) is 0.600. The molecule has 0 radical (unpaired) electrons. The first-order valence-corrected chi connectivity index (χ1v) is 8.45. The highest BCUT2D eigenvalue weighted by atomic mass is 16.3.